The minimum absolute atomic E-state index is 0.0702. The van der Waals surface area contributed by atoms with Crippen molar-refractivity contribution in [1.29, 1.82) is 0 Å². The first kappa shape index (κ1) is 19.5. The minimum atomic E-state index is -3.59. The van der Waals surface area contributed by atoms with Crippen LogP contribution in [0.3, 0.4) is 0 Å². The number of amides is 1. The van der Waals surface area contributed by atoms with Crippen molar-refractivity contribution in [3.05, 3.63) is 23.8 Å². The van der Waals surface area contributed by atoms with E-state index in [-0.39, 0.29) is 28.3 Å². The zero-order valence-electron chi connectivity index (χ0n) is 13.2. The van der Waals surface area contributed by atoms with E-state index in [1.54, 1.807) is 26.0 Å². The molecular weight excluding hydrogens is 340 g/mol. The average Bonchev–Trinajstić information content (AvgIpc) is 2.49. The molecule has 0 heterocycles. The van der Waals surface area contributed by atoms with Crippen LogP contribution in [0.5, 0.6) is 0 Å². The molecule has 0 fully saturated rings. The summed E-state index contributed by atoms with van der Waals surface area (Å²) in [6.07, 6.45) is 0. The highest BCUT2D eigenvalue weighted by atomic mass is 32.2. The van der Waals surface area contributed by atoms with Crippen LogP contribution in [0.1, 0.15) is 12.5 Å². The molecule has 2 N–H and O–H groups in total. The number of benzene rings is 1. The number of carbonyl (C=O) groups is 2. The number of hydrogen-bond donors (Lipinski definition) is 2. The van der Waals surface area contributed by atoms with Crippen molar-refractivity contribution in [1.82, 2.24) is 4.72 Å². The van der Waals surface area contributed by atoms with Crippen molar-refractivity contribution in [2.24, 2.45) is 0 Å². The van der Waals surface area contributed by atoms with Gasteiger partial charge in [-0.3, -0.25) is 9.59 Å². The fourth-order valence-electron chi connectivity index (χ4n) is 1.70. The van der Waals surface area contributed by atoms with Crippen LogP contribution in [-0.4, -0.2) is 45.5 Å². The van der Waals surface area contributed by atoms with E-state index in [0.717, 1.165) is 11.8 Å². The van der Waals surface area contributed by atoms with Crippen molar-refractivity contribution in [3.63, 3.8) is 0 Å². The van der Waals surface area contributed by atoms with Crippen LogP contribution in [0.4, 0.5) is 5.69 Å². The van der Waals surface area contributed by atoms with Gasteiger partial charge in [0.25, 0.3) is 0 Å². The van der Waals surface area contributed by atoms with E-state index < -0.39 is 10.0 Å². The normalized spacial score (nSPS) is 11.1. The molecule has 0 aliphatic heterocycles. The quantitative estimate of drug-likeness (QED) is 0.674. The molecule has 0 bridgehead atoms. The molecule has 0 aliphatic carbocycles. The van der Waals surface area contributed by atoms with Crippen molar-refractivity contribution in [2.45, 2.75) is 18.7 Å². The Balaban J connectivity index is 2.66. The van der Waals surface area contributed by atoms with Gasteiger partial charge < -0.3 is 10.1 Å². The second-order valence-corrected chi connectivity index (χ2v) is 7.37. The molecule has 0 aliphatic rings. The molecular formula is C14H20N2O5S2. The summed E-state index contributed by atoms with van der Waals surface area (Å²) in [5.41, 5.74) is 0.959. The molecule has 0 aromatic heterocycles. The first-order valence-electron chi connectivity index (χ1n) is 6.87. The van der Waals surface area contributed by atoms with Gasteiger partial charge in [0, 0.05) is 5.69 Å². The van der Waals surface area contributed by atoms with Gasteiger partial charge in [0.2, 0.25) is 15.9 Å². The van der Waals surface area contributed by atoms with Crippen LogP contribution >= 0.6 is 11.8 Å². The lowest BCUT2D eigenvalue weighted by Gasteiger charge is -2.10. The molecule has 128 valence electrons. The van der Waals surface area contributed by atoms with Crippen molar-refractivity contribution >= 4 is 39.3 Å². The molecule has 0 saturated carbocycles. The Morgan fingerprint density at radius 3 is 2.57 bits per heavy atom. The van der Waals surface area contributed by atoms with E-state index in [1.165, 1.54) is 13.1 Å². The number of carbonyl (C=O) groups excluding carboxylic acids is 2. The second-order valence-electron chi connectivity index (χ2n) is 4.53. The number of rotatable bonds is 8. The summed E-state index contributed by atoms with van der Waals surface area (Å²) in [6, 6.07) is 4.64. The molecule has 23 heavy (non-hydrogen) atoms. The van der Waals surface area contributed by atoms with Gasteiger partial charge in [0.15, 0.2) is 0 Å². The number of ether oxygens (including phenoxy) is 1. The SMILES string of the molecule is CCOC(=O)CSCC(=O)Nc1ccc(C)c(S(=O)(=O)NC)c1. The fourth-order valence-corrected chi connectivity index (χ4v) is 3.31. The summed E-state index contributed by atoms with van der Waals surface area (Å²) in [6.45, 7) is 3.69. The molecule has 0 spiro atoms. The minimum Gasteiger partial charge on any atom is -0.465 e. The van der Waals surface area contributed by atoms with E-state index in [1.807, 2.05) is 0 Å². The summed E-state index contributed by atoms with van der Waals surface area (Å²) in [7, 11) is -2.26. The maximum atomic E-state index is 11.9. The van der Waals surface area contributed by atoms with Crippen LogP contribution in [-0.2, 0) is 24.3 Å². The predicted octanol–water partition coefficient (Wildman–Crippen LogP) is 1.14. The van der Waals surface area contributed by atoms with Crippen molar-refractivity contribution < 1.29 is 22.7 Å². The van der Waals surface area contributed by atoms with Gasteiger partial charge in [-0.2, -0.15) is 0 Å². The topological polar surface area (TPSA) is 102 Å². The molecule has 1 rings (SSSR count). The van der Waals surface area contributed by atoms with Gasteiger partial charge in [-0.15, -0.1) is 11.8 Å². The van der Waals surface area contributed by atoms with Gasteiger partial charge in [-0.1, -0.05) is 6.07 Å². The van der Waals surface area contributed by atoms with E-state index in [2.05, 4.69) is 10.0 Å². The van der Waals surface area contributed by atoms with E-state index in [4.69, 9.17) is 4.74 Å². The number of esters is 1. The monoisotopic (exact) mass is 360 g/mol. The number of anilines is 1. The first-order valence-corrected chi connectivity index (χ1v) is 9.51. The third-order valence-electron chi connectivity index (χ3n) is 2.79. The number of aryl methyl sites for hydroxylation is 1. The number of hydrogen-bond acceptors (Lipinski definition) is 6. The summed E-state index contributed by atoms with van der Waals surface area (Å²) < 4.78 is 30.8. The lowest BCUT2D eigenvalue weighted by molar-refractivity contribution is -0.139. The molecule has 1 amide bonds. The highest BCUT2D eigenvalue weighted by Crippen LogP contribution is 2.20. The lowest BCUT2D eigenvalue weighted by atomic mass is 10.2. The zero-order valence-corrected chi connectivity index (χ0v) is 14.8. The molecule has 7 nitrogen and oxygen atoms in total. The second kappa shape index (κ2) is 8.90. The van der Waals surface area contributed by atoms with Crippen molar-refractivity contribution in [3.8, 4) is 0 Å². The Labute approximate surface area is 140 Å². The summed E-state index contributed by atoms with van der Waals surface area (Å²) in [5.74, 6) is -0.533. The van der Waals surface area contributed by atoms with Gasteiger partial charge in [0.1, 0.15) is 0 Å². The standard InChI is InChI=1S/C14H20N2O5S2/c1-4-21-14(18)9-22-8-13(17)16-11-6-5-10(2)12(7-11)23(19,20)15-3/h5-7,15H,4,8-9H2,1-3H3,(H,16,17). The smallest absolute Gasteiger partial charge is 0.315 e. The van der Waals surface area contributed by atoms with E-state index >= 15 is 0 Å². The molecule has 0 atom stereocenters. The van der Waals surface area contributed by atoms with Gasteiger partial charge in [-0.25, -0.2) is 13.1 Å². The largest absolute Gasteiger partial charge is 0.465 e. The van der Waals surface area contributed by atoms with Gasteiger partial charge >= 0.3 is 5.97 Å². The Kier molecular flexibility index (Phi) is 7.53. The Morgan fingerprint density at radius 2 is 1.96 bits per heavy atom. The maximum absolute atomic E-state index is 11.9. The number of sulfonamides is 1. The molecule has 0 radical (unpaired) electrons. The van der Waals surface area contributed by atoms with Crippen LogP contribution < -0.4 is 10.0 Å². The summed E-state index contributed by atoms with van der Waals surface area (Å²) in [5, 5.41) is 2.61. The Morgan fingerprint density at radius 1 is 1.26 bits per heavy atom. The average molecular weight is 360 g/mol. The molecule has 0 saturated heterocycles. The molecule has 1 aromatic carbocycles. The van der Waals surface area contributed by atoms with Crippen LogP contribution in [0.2, 0.25) is 0 Å². The molecule has 1 aromatic rings. The maximum Gasteiger partial charge on any atom is 0.315 e. The van der Waals surface area contributed by atoms with Gasteiger partial charge in [-0.05, 0) is 38.6 Å². The van der Waals surface area contributed by atoms with Crippen molar-refractivity contribution in [2.75, 3.05) is 30.5 Å². The summed E-state index contributed by atoms with van der Waals surface area (Å²) >= 11 is 1.13. The predicted molar refractivity (Wildman–Crippen MR) is 90.0 cm³/mol. The molecule has 9 heteroatoms. The highest BCUT2D eigenvalue weighted by molar-refractivity contribution is 8.00. The van der Waals surface area contributed by atoms with E-state index in [9.17, 15) is 18.0 Å². The Hall–Kier alpha value is -1.58. The van der Waals surface area contributed by atoms with Gasteiger partial charge in [0.05, 0.1) is 23.0 Å². The Bertz CT molecular complexity index is 674. The third-order valence-corrected chi connectivity index (χ3v) is 5.25. The highest BCUT2D eigenvalue weighted by Gasteiger charge is 2.16. The number of thioether (sulfide) groups is 1. The van der Waals surface area contributed by atoms with E-state index in [0.29, 0.717) is 17.9 Å². The number of nitrogens with one attached hydrogen (secondary N) is 2. The summed E-state index contributed by atoms with van der Waals surface area (Å²) in [4.78, 5) is 23.1. The third kappa shape index (κ3) is 6.20. The zero-order chi connectivity index (χ0) is 17.5. The first-order chi connectivity index (χ1) is 10.8. The lowest BCUT2D eigenvalue weighted by Crippen LogP contribution is -2.20. The van der Waals surface area contributed by atoms with Crippen LogP contribution in [0.25, 0.3) is 0 Å². The molecule has 0 unspecified atom stereocenters. The fraction of sp³-hybridized carbons (Fsp3) is 0.429. The van der Waals surface area contributed by atoms with Crippen LogP contribution in [0, 0.1) is 6.92 Å². The van der Waals surface area contributed by atoms with Crippen LogP contribution in [0.15, 0.2) is 23.1 Å².